The van der Waals surface area contributed by atoms with Crippen LogP contribution in [0.3, 0.4) is 0 Å². The van der Waals surface area contributed by atoms with Gasteiger partial charge in [0.05, 0.1) is 0 Å². The van der Waals surface area contributed by atoms with E-state index >= 15 is 0 Å². The molecule has 0 radical (unpaired) electrons. The van der Waals surface area contributed by atoms with E-state index in [1.807, 2.05) is 32.0 Å². The van der Waals surface area contributed by atoms with Gasteiger partial charge in [-0.05, 0) is 55.3 Å². The van der Waals surface area contributed by atoms with Gasteiger partial charge in [0.15, 0.2) is 0 Å². The van der Waals surface area contributed by atoms with Crippen molar-refractivity contribution in [3.63, 3.8) is 0 Å². The van der Waals surface area contributed by atoms with Crippen molar-refractivity contribution < 1.29 is 19.1 Å². The van der Waals surface area contributed by atoms with Gasteiger partial charge in [-0.25, -0.2) is 0 Å². The van der Waals surface area contributed by atoms with Crippen molar-refractivity contribution in [3.05, 3.63) is 100 Å². The number of esters is 1. The van der Waals surface area contributed by atoms with Crippen molar-refractivity contribution in [2.45, 2.75) is 20.0 Å². The van der Waals surface area contributed by atoms with Crippen molar-refractivity contribution in [1.29, 1.82) is 0 Å². The predicted molar refractivity (Wildman–Crippen MR) is 124 cm³/mol. The van der Waals surface area contributed by atoms with E-state index in [9.17, 15) is 14.4 Å². The van der Waals surface area contributed by atoms with Gasteiger partial charge in [0, 0.05) is 21.8 Å². The fourth-order valence-electron chi connectivity index (χ4n) is 3.00. The van der Waals surface area contributed by atoms with Crippen LogP contribution in [0, 0.1) is 13.8 Å². The summed E-state index contributed by atoms with van der Waals surface area (Å²) < 4.78 is 5.46. The maximum Gasteiger partial charge on any atom is 0.326 e. The number of aryl methyl sites for hydroxylation is 2. The van der Waals surface area contributed by atoms with Crippen LogP contribution in [-0.4, -0.2) is 24.3 Å². The molecule has 2 amide bonds. The maximum atomic E-state index is 13.0. The predicted octanol–water partition coefficient (Wildman–Crippen LogP) is 4.61. The number of anilines is 1. The number of halogens is 1. The van der Waals surface area contributed by atoms with Crippen LogP contribution in [-0.2, 0) is 14.3 Å². The molecule has 7 heteroatoms. The number of carbonyl (C=O) groups is 3. The molecule has 0 spiro atoms. The molecule has 6 nitrogen and oxygen atoms in total. The zero-order valence-corrected chi connectivity index (χ0v) is 18.5. The highest BCUT2D eigenvalue weighted by Gasteiger charge is 2.25. The maximum absolute atomic E-state index is 13.0. The van der Waals surface area contributed by atoms with Gasteiger partial charge >= 0.3 is 5.97 Å². The van der Waals surface area contributed by atoms with Crippen LogP contribution < -0.4 is 10.6 Å². The number of hydrogen-bond donors (Lipinski definition) is 2. The molecular formula is C25H23ClN2O4. The van der Waals surface area contributed by atoms with E-state index in [0.717, 1.165) is 11.1 Å². The summed E-state index contributed by atoms with van der Waals surface area (Å²) in [6, 6.07) is 20.7. The number of hydrogen-bond acceptors (Lipinski definition) is 4. The van der Waals surface area contributed by atoms with Crippen molar-refractivity contribution in [2.75, 3.05) is 11.9 Å². The standard InChI is InChI=1S/C25H23ClN2O4/c1-16-8-9-17(2)21(14-16)28-25(31)23(18-6-4-3-5-7-18)32-22(29)15-27-24(30)19-10-12-20(26)13-11-19/h3-14,23H,15H2,1-2H3,(H,27,30)(H,28,31). The first-order valence-corrected chi connectivity index (χ1v) is 10.4. The summed E-state index contributed by atoms with van der Waals surface area (Å²) in [4.78, 5) is 37.7. The summed E-state index contributed by atoms with van der Waals surface area (Å²) in [7, 11) is 0. The fraction of sp³-hybridized carbons (Fsp3) is 0.160. The number of nitrogens with one attached hydrogen (secondary N) is 2. The number of rotatable bonds is 7. The first-order valence-electron chi connectivity index (χ1n) is 10.00. The third-order valence-corrected chi connectivity index (χ3v) is 4.99. The minimum atomic E-state index is -1.17. The van der Waals surface area contributed by atoms with Crippen LogP contribution in [0.25, 0.3) is 0 Å². The zero-order valence-electron chi connectivity index (χ0n) is 17.7. The lowest BCUT2D eigenvalue weighted by Gasteiger charge is -2.19. The summed E-state index contributed by atoms with van der Waals surface area (Å²) in [5, 5.41) is 5.83. The Labute approximate surface area is 191 Å². The second-order valence-electron chi connectivity index (χ2n) is 7.28. The number of benzene rings is 3. The first kappa shape index (κ1) is 23.0. The third-order valence-electron chi connectivity index (χ3n) is 4.74. The second-order valence-corrected chi connectivity index (χ2v) is 7.71. The Balaban J connectivity index is 1.69. The van der Waals surface area contributed by atoms with Gasteiger partial charge < -0.3 is 15.4 Å². The molecule has 1 atom stereocenters. The Morgan fingerprint density at radius 1 is 0.938 bits per heavy atom. The molecule has 0 aromatic heterocycles. The highest BCUT2D eigenvalue weighted by Crippen LogP contribution is 2.22. The molecule has 0 fully saturated rings. The van der Waals surface area contributed by atoms with Crippen LogP contribution in [0.1, 0.15) is 33.2 Å². The Kier molecular flexibility index (Phi) is 7.63. The molecule has 2 N–H and O–H groups in total. The van der Waals surface area contributed by atoms with Gasteiger partial charge in [-0.15, -0.1) is 0 Å². The third kappa shape index (κ3) is 6.18. The molecule has 32 heavy (non-hydrogen) atoms. The van der Waals surface area contributed by atoms with Gasteiger partial charge in [0.2, 0.25) is 6.10 Å². The highest BCUT2D eigenvalue weighted by molar-refractivity contribution is 6.30. The van der Waals surface area contributed by atoms with Crippen LogP contribution in [0.2, 0.25) is 5.02 Å². The molecule has 0 aliphatic carbocycles. The Morgan fingerprint density at radius 3 is 2.31 bits per heavy atom. The average molecular weight is 451 g/mol. The molecular weight excluding hydrogens is 428 g/mol. The molecule has 0 aliphatic rings. The lowest BCUT2D eigenvalue weighted by molar-refractivity contribution is -0.153. The summed E-state index contributed by atoms with van der Waals surface area (Å²) >= 11 is 5.82. The SMILES string of the molecule is Cc1ccc(C)c(NC(=O)C(OC(=O)CNC(=O)c2ccc(Cl)cc2)c2ccccc2)c1. The summed E-state index contributed by atoms with van der Waals surface area (Å²) in [6.07, 6.45) is -1.17. The molecule has 1 unspecified atom stereocenters. The fourth-order valence-corrected chi connectivity index (χ4v) is 3.12. The topological polar surface area (TPSA) is 84.5 Å². The lowest BCUT2D eigenvalue weighted by Crippen LogP contribution is -2.33. The quantitative estimate of drug-likeness (QED) is 0.515. The summed E-state index contributed by atoms with van der Waals surface area (Å²) in [5.41, 5.74) is 3.39. The van der Waals surface area contributed by atoms with Crippen LogP contribution in [0.15, 0.2) is 72.8 Å². The molecule has 3 aromatic rings. The minimum Gasteiger partial charge on any atom is -0.446 e. The average Bonchev–Trinajstić information content (AvgIpc) is 2.79. The molecule has 0 aliphatic heterocycles. The Morgan fingerprint density at radius 2 is 1.62 bits per heavy atom. The Hall–Kier alpha value is -3.64. The van der Waals surface area contributed by atoms with Crippen LogP contribution >= 0.6 is 11.6 Å². The largest absolute Gasteiger partial charge is 0.446 e. The minimum absolute atomic E-state index is 0.356. The van der Waals surface area contributed by atoms with Crippen LogP contribution in [0.5, 0.6) is 0 Å². The van der Waals surface area contributed by atoms with Gasteiger partial charge in [-0.2, -0.15) is 0 Å². The van der Waals surface area contributed by atoms with Gasteiger partial charge in [-0.1, -0.05) is 54.1 Å². The van der Waals surface area contributed by atoms with E-state index in [1.54, 1.807) is 54.6 Å². The number of amides is 2. The van der Waals surface area contributed by atoms with E-state index in [4.69, 9.17) is 16.3 Å². The molecule has 0 saturated heterocycles. The van der Waals surface area contributed by atoms with Crippen molar-refractivity contribution in [1.82, 2.24) is 5.32 Å². The van der Waals surface area contributed by atoms with Crippen molar-refractivity contribution in [2.24, 2.45) is 0 Å². The highest BCUT2D eigenvalue weighted by atomic mass is 35.5. The van der Waals surface area contributed by atoms with E-state index in [-0.39, 0.29) is 6.54 Å². The van der Waals surface area contributed by atoms with Crippen LogP contribution in [0.4, 0.5) is 5.69 Å². The summed E-state index contributed by atoms with van der Waals surface area (Å²) in [5.74, 6) is -1.67. The molecule has 3 aromatic carbocycles. The van der Waals surface area contributed by atoms with Gasteiger partial charge in [0.25, 0.3) is 11.8 Å². The van der Waals surface area contributed by atoms with Gasteiger partial charge in [-0.3, -0.25) is 14.4 Å². The Bertz CT molecular complexity index is 1110. The zero-order chi connectivity index (χ0) is 23.1. The van der Waals surface area contributed by atoms with E-state index < -0.39 is 23.9 Å². The van der Waals surface area contributed by atoms with Crippen molar-refractivity contribution >= 4 is 35.1 Å². The van der Waals surface area contributed by atoms with Gasteiger partial charge in [0.1, 0.15) is 6.54 Å². The molecule has 0 heterocycles. The number of carbonyl (C=O) groups excluding carboxylic acids is 3. The normalized spacial score (nSPS) is 11.3. The lowest BCUT2D eigenvalue weighted by atomic mass is 10.1. The number of ether oxygens (including phenoxy) is 1. The van der Waals surface area contributed by atoms with E-state index in [1.165, 1.54) is 0 Å². The smallest absolute Gasteiger partial charge is 0.326 e. The monoisotopic (exact) mass is 450 g/mol. The molecule has 0 saturated carbocycles. The second kappa shape index (κ2) is 10.6. The van der Waals surface area contributed by atoms with E-state index in [0.29, 0.717) is 21.8 Å². The molecule has 164 valence electrons. The van der Waals surface area contributed by atoms with E-state index in [2.05, 4.69) is 10.6 Å². The van der Waals surface area contributed by atoms with Crippen molar-refractivity contribution in [3.8, 4) is 0 Å². The summed E-state index contributed by atoms with van der Waals surface area (Å²) in [6.45, 7) is 3.42. The molecule has 0 bridgehead atoms. The first-order chi connectivity index (χ1) is 15.3. The molecule has 3 rings (SSSR count).